The van der Waals surface area contributed by atoms with E-state index in [0.717, 1.165) is 60.1 Å². The van der Waals surface area contributed by atoms with Gasteiger partial charge in [0.1, 0.15) is 18.7 Å². The van der Waals surface area contributed by atoms with E-state index in [1.165, 1.54) is 0 Å². The van der Waals surface area contributed by atoms with Crippen molar-refractivity contribution in [2.24, 2.45) is 11.8 Å². The van der Waals surface area contributed by atoms with Crippen molar-refractivity contribution >= 4 is 10.9 Å². The Morgan fingerprint density at radius 2 is 1.88 bits per heavy atom. The predicted molar refractivity (Wildman–Crippen MR) is 122 cm³/mol. The molecular weight excluding hydrogens is 425 g/mol. The van der Waals surface area contributed by atoms with E-state index in [9.17, 15) is 18.3 Å². The van der Waals surface area contributed by atoms with Gasteiger partial charge in [-0.15, -0.1) is 6.58 Å². The summed E-state index contributed by atoms with van der Waals surface area (Å²) in [7, 11) is 0. The van der Waals surface area contributed by atoms with E-state index in [0.29, 0.717) is 22.9 Å². The van der Waals surface area contributed by atoms with Gasteiger partial charge in [0.15, 0.2) is 0 Å². The average Bonchev–Trinajstić information content (AvgIpc) is 2.83. The van der Waals surface area contributed by atoms with Gasteiger partial charge in [-0.3, -0.25) is 4.98 Å². The lowest BCUT2D eigenvalue weighted by Gasteiger charge is -2.58. The molecule has 4 heterocycles. The molecule has 3 fully saturated rings. The molecule has 172 valence electrons. The number of nitrogens with zero attached hydrogens (tertiary/aromatic N) is 2. The van der Waals surface area contributed by atoms with Gasteiger partial charge in [0.2, 0.25) is 0 Å². The molecule has 0 radical (unpaired) electrons. The summed E-state index contributed by atoms with van der Waals surface area (Å²) in [6, 6.07) is 15.2. The molecule has 4 unspecified atom stereocenters. The number of quaternary nitrogens is 1. The zero-order valence-corrected chi connectivity index (χ0v) is 18.4. The molecule has 3 aliphatic rings. The highest BCUT2D eigenvalue weighted by atomic mass is 19.4. The molecule has 1 aromatic heterocycles. The zero-order chi connectivity index (χ0) is 23.2. The molecule has 6 rings (SSSR count). The Morgan fingerprint density at radius 1 is 1.12 bits per heavy atom. The third-order valence-corrected chi connectivity index (χ3v) is 7.82. The number of para-hydroxylation sites is 1. The Hall–Kier alpha value is -2.70. The minimum Gasteiger partial charge on any atom is -0.382 e. The van der Waals surface area contributed by atoms with Crippen LogP contribution in [0.3, 0.4) is 0 Å². The van der Waals surface area contributed by atoms with Crippen molar-refractivity contribution < 1.29 is 22.8 Å². The van der Waals surface area contributed by atoms with E-state index in [1.807, 2.05) is 36.4 Å². The predicted octanol–water partition coefficient (Wildman–Crippen LogP) is 5.90. The Labute approximate surface area is 191 Å². The Morgan fingerprint density at radius 3 is 2.61 bits per heavy atom. The molecule has 3 saturated heterocycles. The van der Waals surface area contributed by atoms with Gasteiger partial charge >= 0.3 is 6.18 Å². The van der Waals surface area contributed by atoms with Gasteiger partial charge in [-0.2, -0.15) is 13.2 Å². The number of rotatable bonds is 5. The fourth-order valence-electron chi connectivity index (χ4n) is 6.13. The van der Waals surface area contributed by atoms with Crippen LogP contribution in [0.1, 0.15) is 35.6 Å². The van der Waals surface area contributed by atoms with Crippen molar-refractivity contribution in [3.8, 4) is 0 Å². The molecule has 3 aromatic rings. The monoisotopic (exact) mass is 453 g/mol. The van der Waals surface area contributed by atoms with Gasteiger partial charge in [-0.05, 0) is 35.7 Å². The number of benzene rings is 2. The van der Waals surface area contributed by atoms with E-state index in [2.05, 4.69) is 11.6 Å². The lowest BCUT2D eigenvalue weighted by atomic mass is 9.71. The molecule has 0 saturated carbocycles. The number of hydrogen-bond acceptors (Lipinski definition) is 2. The fourth-order valence-corrected chi connectivity index (χ4v) is 6.13. The molecule has 6 heteroatoms. The van der Waals surface area contributed by atoms with Gasteiger partial charge in [0.25, 0.3) is 0 Å². The summed E-state index contributed by atoms with van der Waals surface area (Å²) in [6.45, 7) is 6.39. The maximum absolute atomic E-state index is 13.1. The van der Waals surface area contributed by atoms with Crippen LogP contribution in [0, 0.1) is 11.8 Å². The van der Waals surface area contributed by atoms with Crippen molar-refractivity contribution in [1.29, 1.82) is 0 Å². The molecular formula is C27H28F3N2O+. The number of fused-ring (bicyclic) bond motifs is 4. The van der Waals surface area contributed by atoms with Crippen LogP contribution >= 0.6 is 0 Å². The number of aliphatic hydroxyl groups is 1. The fraction of sp³-hybridized carbons (Fsp3) is 0.370. The standard InChI is InChI=1S/C27H28F3N2O/c1-2-19-17-32(16-18-7-9-21(10-8-18)27(28,29)30)14-12-20(19)15-25(32)26(33)23-11-13-31-24-6-4-3-5-22(23)24/h2-11,13,19-20,25-26,33H,1,12,14-17H2/q+1/t19?,20?,25?,26-,32?/m0/s1. The summed E-state index contributed by atoms with van der Waals surface area (Å²) in [4.78, 5) is 4.43. The van der Waals surface area contributed by atoms with E-state index in [1.54, 1.807) is 18.3 Å². The number of alkyl halides is 3. The number of pyridine rings is 1. The number of piperidine rings is 3. The minimum atomic E-state index is -4.34. The molecule has 2 aromatic carbocycles. The molecule has 5 atom stereocenters. The van der Waals surface area contributed by atoms with Crippen molar-refractivity contribution in [1.82, 2.24) is 4.98 Å². The number of halogens is 3. The van der Waals surface area contributed by atoms with Crippen LogP contribution in [-0.4, -0.2) is 33.7 Å². The molecule has 1 N–H and O–H groups in total. The van der Waals surface area contributed by atoms with Gasteiger partial charge in [0, 0.05) is 35.9 Å². The number of aliphatic hydroxyl groups excluding tert-OH is 1. The van der Waals surface area contributed by atoms with Gasteiger partial charge in [-0.25, -0.2) is 0 Å². The molecule has 0 amide bonds. The Kier molecular flexibility index (Phi) is 5.53. The average molecular weight is 454 g/mol. The maximum atomic E-state index is 13.1. The second kappa shape index (κ2) is 8.26. The molecule has 33 heavy (non-hydrogen) atoms. The van der Waals surface area contributed by atoms with E-state index in [4.69, 9.17) is 0 Å². The Bertz CT molecular complexity index is 1150. The second-order valence-electron chi connectivity index (χ2n) is 9.59. The third-order valence-electron chi connectivity index (χ3n) is 7.82. The molecule has 0 aliphatic carbocycles. The first-order valence-corrected chi connectivity index (χ1v) is 11.5. The highest BCUT2D eigenvalue weighted by molar-refractivity contribution is 5.82. The van der Waals surface area contributed by atoms with Crippen molar-refractivity contribution in [2.45, 2.75) is 37.7 Å². The summed E-state index contributed by atoms with van der Waals surface area (Å²) in [5, 5.41) is 12.6. The van der Waals surface area contributed by atoms with Crippen LogP contribution in [0.25, 0.3) is 10.9 Å². The highest BCUT2D eigenvalue weighted by Gasteiger charge is 2.54. The first-order chi connectivity index (χ1) is 15.8. The minimum absolute atomic E-state index is 0.0342. The SMILES string of the molecule is C=CC1C[N+]2(Cc3ccc(C(F)(F)F)cc3)CCC1CC2[C@@H](O)c1ccnc2ccccc12. The van der Waals surface area contributed by atoms with Crippen LogP contribution in [0.2, 0.25) is 0 Å². The molecule has 3 aliphatic heterocycles. The molecule has 0 spiro atoms. The summed E-state index contributed by atoms with van der Waals surface area (Å²) in [6.07, 6.45) is 0.648. The second-order valence-corrected chi connectivity index (χ2v) is 9.59. The van der Waals surface area contributed by atoms with E-state index in [-0.39, 0.29) is 6.04 Å². The highest BCUT2D eigenvalue weighted by Crippen LogP contribution is 2.48. The first kappa shape index (κ1) is 22.1. The van der Waals surface area contributed by atoms with Crippen LogP contribution in [0.15, 0.2) is 73.4 Å². The van der Waals surface area contributed by atoms with Gasteiger partial charge < -0.3 is 9.59 Å². The van der Waals surface area contributed by atoms with E-state index >= 15 is 0 Å². The lowest BCUT2D eigenvalue weighted by Crippen LogP contribution is -2.67. The molecule has 3 nitrogen and oxygen atoms in total. The smallest absolute Gasteiger partial charge is 0.382 e. The quantitative estimate of drug-likeness (QED) is 0.386. The van der Waals surface area contributed by atoms with Crippen LogP contribution in [0.5, 0.6) is 0 Å². The van der Waals surface area contributed by atoms with E-state index < -0.39 is 17.8 Å². The van der Waals surface area contributed by atoms with Gasteiger partial charge in [-0.1, -0.05) is 36.4 Å². The lowest BCUT2D eigenvalue weighted by molar-refractivity contribution is -0.984. The first-order valence-electron chi connectivity index (χ1n) is 11.5. The zero-order valence-electron chi connectivity index (χ0n) is 18.4. The Balaban J connectivity index is 1.51. The third kappa shape index (κ3) is 3.96. The summed E-state index contributed by atoms with van der Waals surface area (Å²) in [5.41, 5.74) is 1.96. The summed E-state index contributed by atoms with van der Waals surface area (Å²) in [5.74, 6) is 0.827. The van der Waals surface area contributed by atoms with Crippen molar-refractivity contribution in [3.05, 3.63) is 90.1 Å². The van der Waals surface area contributed by atoms with Gasteiger partial charge in [0.05, 0.1) is 24.2 Å². The van der Waals surface area contributed by atoms with Crippen LogP contribution < -0.4 is 0 Å². The largest absolute Gasteiger partial charge is 0.416 e. The van der Waals surface area contributed by atoms with Crippen molar-refractivity contribution in [2.75, 3.05) is 13.1 Å². The summed E-state index contributed by atoms with van der Waals surface area (Å²) >= 11 is 0. The van der Waals surface area contributed by atoms with Crippen molar-refractivity contribution in [3.63, 3.8) is 0 Å². The summed E-state index contributed by atoms with van der Waals surface area (Å²) < 4.78 is 39.8. The number of aromatic nitrogens is 1. The number of hydrogen-bond donors (Lipinski definition) is 1. The van der Waals surface area contributed by atoms with Crippen LogP contribution in [0.4, 0.5) is 13.2 Å². The molecule has 2 bridgehead atoms. The van der Waals surface area contributed by atoms with Crippen LogP contribution in [-0.2, 0) is 12.7 Å². The maximum Gasteiger partial charge on any atom is 0.416 e. The normalized spacial score (nSPS) is 28.1. The topological polar surface area (TPSA) is 33.1 Å².